The minimum atomic E-state index is -4.72. The molecule has 0 saturated heterocycles. The van der Waals surface area contributed by atoms with Crippen molar-refractivity contribution in [3.05, 3.63) is 71.7 Å². The highest BCUT2D eigenvalue weighted by molar-refractivity contribution is 5.72. The number of rotatable bonds is 3. The molecular formula is C24H19F3N2O3. The number of aryl methyl sites for hydroxylation is 1. The lowest BCUT2D eigenvalue weighted by Crippen LogP contribution is -2.27. The zero-order chi connectivity index (χ0) is 22.7. The summed E-state index contributed by atoms with van der Waals surface area (Å²) in [7, 11) is 1.40. The molecule has 0 bridgehead atoms. The third-order valence-electron chi connectivity index (χ3n) is 5.15. The quantitative estimate of drug-likeness (QED) is 0.442. The van der Waals surface area contributed by atoms with Gasteiger partial charge in [-0.3, -0.25) is 4.79 Å². The second-order valence-electron chi connectivity index (χ2n) is 7.35. The van der Waals surface area contributed by atoms with Gasteiger partial charge in [-0.2, -0.15) is 0 Å². The lowest BCUT2D eigenvalue weighted by molar-refractivity contribution is -0.274. The molecule has 0 spiro atoms. The van der Waals surface area contributed by atoms with Crippen LogP contribution in [0.4, 0.5) is 13.2 Å². The molecule has 0 N–H and O–H groups in total. The molecule has 1 aliphatic rings. The van der Waals surface area contributed by atoms with Gasteiger partial charge < -0.3 is 14.0 Å². The van der Waals surface area contributed by atoms with Crippen LogP contribution in [0.25, 0.3) is 11.3 Å². The first kappa shape index (κ1) is 21.5. The molecular weight excluding hydrogens is 421 g/mol. The van der Waals surface area contributed by atoms with Gasteiger partial charge in [0.25, 0.3) is 0 Å². The van der Waals surface area contributed by atoms with E-state index < -0.39 is 6.36 Å². The summed E-state index contributed by atoms with van der Waals surface area (Å²) in [6, 6.07) is 12.9. The van der Waals surface area contributed by atoms with Crippen LogP contribution < -0.4 is 4.74 Å². The van der Waals surface area contributed by atoms with Crippen molar-refractivity contribution in [2.75, 3.05) is 7.11 Å². The second kappa shape index (κ2) is 8.79. The molecule has 0 radical (unpaired) electrons. The van der Waals surface area contributed by atoms with E-state index in [4.69, 9.17) is 4.74 Å². The van der Waals surface area contributed by atoms with Gasteiger partial charge in [-0.25, -0.2) is 4.98 Å². The highest BCUT2D eigenvalue weighted by Gasteiger charge is 2.31. The Morgan fingerprint density at radius 2 is 1.69 bits per heavy atom. The van der Waals surface area contributed by atoms with Crippen LogP contribution in [0.1, 0.15) is 23.4 Å². The van der Waals surface area contributed by atoms with Crippen molar-refractivity contribution in [3.63, 3.8) is 0 Å². The van der Waals surface area contributed by atoms with Gasteiger partial charge in [-0.15, -0.1) is 13.2 Å². The second-order valence-corrected chi connectivity index (χ2v) is 7.35. The van der Waals surface area contributed by atoms with Crippen LogP contribution in [-0.4, -0.2) is 29.0 Å². The highest BCUT2D eigenvalue weighted by Crippen LogP contribution is 2.26. The van der Waals surface area contributed by atoms with E-state index in [1.807, 2.05) is 35.0 Å². The summed E-state index contributed by atoms with van der Waals surface area (Å²) < 4.78 is 47.4. The van der Waals surface area contributed by atoms with Crippen molar-refractivity contribution >= 4 is 5.97 Å². The monoisotopic (exact) mass is 440 g/mol. The normalized spacial score (nSPS) is 15.3. The van der Waals surface area contributed by atoms with Crippen LogP contribution in [0.5, 0.6) is 5.75 Å². The lowest BCUT2D eigenvalue weighted by Gasteiger charge is -2.21. The number of aromatic nitrogens is 2. The van der Waals surface area contributed by atoms with Crippen molar-refractivity contribution in [1.82, 2.24) is 9.55 Å². The number of carbonyl (C=O) groups excluding carboxylic acids is 1. The Labute approximate surface area is 182 Å². The summed E-state index contributed by atoms with van der Waals surface area (Å²) in [6.45, 7) is 0.561. The van der Waals surface area contributed by atoms with Gasteiger partial charge in [0.1, 0.15) is 11.6 Å². The molecule has 1 unspecified atom stereocenters. The first-order chi connectivity index (χ1) is 15.3. The Morgan fingerprint density at radius 3 is 2.28 bits per heavy atom. The van der Waals surface area contributed by atoms with Gasteiger partial charge in [-0.1, -0.05) is 24.0 Å². The lowest BCUT2D eigenvalue weighted by atomic mass is 10.00. The van der Waals surface area contributed by atoms with Gasteiger partial charge in [0.15, 0.2) is 0 Å². The van der Waals surface area contributed by atoms with Gasteiger partial charge in [0.2, 0.25) is 0 Å². The summed E-state index contributed by atoms with van der Waals surface area (Å²) >= 11 is 0. The van der Waals surface area contributed by atoms with E-state index in [9.17, 15) is 18.0 Å². The van der Waals surface area contributed by atoms with E-state index in [1.54, 1.807) is 0 Å². The third-order valence-corrected chi connectivity index (χ3v) is 5.15. The van der Waals surface area contributed by atoms with Crippen LogP contribution in [0.2, 0.25) is 0 Å². The molecule has 0 aliphatic carbocycles. The van der Waals surface area contributed by atoms with E-state index in [2.05, 4.69) is 21.6 Å². The number of hydrogen-bond acceptors (Lipinski definition) is 4. The predicted molar refractivity (Wildman–Crippen MR) is 111 cm³/mol. The molecule has 1 aromatic heterocycles. The molecule has 4 rings (SSSR count). The highest BCUT2D eigenvalue weighted by atomic mass is 19.4. The van der Waals surface area contributed by atoms with Crippen molar-refractivity contribution in [3.8, 4) is 28.8 Å². The Balaban J connectivity index is 1.44. The molecule has 164 valence electrons. The molecule has 0 fully saturated rings. The SMILES string of the molecule is COC(=O)C1CCc2nc(-c3ccc(C#Cc4ccc(OC(F)(F)F)cc4)cc3)cn2C1. The van der Waals surface area contributed by atoms with Crippen molar-refractivity contribution in [2.24, 2.45) is 5.92 Å². The number of fused-ring (bicyclic) bond motifs is 1. The number of esters is 1. The first-order valence-electron chi connectivity index (χ1n) is 9.93. The average Bonchev–Trinajstić information content (AvgIpc) is 3.21. The topological polar surface area (TPSA) is 53.4 Å². The number of methoxy groups -OCH3 is 1. The van der Waals surface area contributed by atoms with E-state index in [-0.39, 0.29) is 17.6 Å². The summed E-state index contributed by atoms with van der Waals surface area (Å²) in [6.07, 6.45) is -1.33. The van der Waals surface area contributed by atoms with Crippen LogP contribution in [0.15, 0.2) is 54.7 Å². The molecule has 0 saturated carbocycles. The number of halogens is 3. The number of carbonyl (C=O) groups is 1. The number of hydrogen-bond donors (Lipinski definition) is 0. The molecule has 5 nitrogen and oxygen atoms in total. The fourth-order valence-corrected chi connectivity index (χ4v) is 3.55. The maximum Gasteiger partial charge on any atom is 0.573 e. The Hall–Kier alpha value is -3.73. The molecule has 1 atom stereocenters. The Bertz CT molecular complexity index is 1170. The van der Waals surface area contributed by atoms with E-state index in [1.165, 1.54) is 31.4 Å². The van der Waals surface area contributed by atoms with Crippen molar-refractivity contribution in [1.29, 1.82) is 0 Å². The number of ether oxygens (including phenoxy) is 2. The molecule has 2 heterocycles. The molecule has 8 heteroatoms. The maximum absolute atomic E-state index is 12.2. The number of benzene rings is 2. The minimum Gasteiger partial charge on any atom is -0.469 e. The van der Waals surface area contributed by atoms with Crippen LogP contribution >= 0.6 is 0 Å². The standard InChI is InChI=1S/C24H19F3N2O3/c1-31-23(30)19-10-13-22-28-21(15-29(22)14-19)18-8-4-16(5-9-18)2-3-17-6-11-20(12-7-17)32-24(25,26)27/h4-9,11-12,15,19H,10,13-14H2,1H3. The number of nitrogens with zero attached hydrogens (tertiary/aromatic N) is 2. The van der Waals surface area contributed by atoms with Gasteiger partial charge in [-0.05, 0) is 42.8 Å². The largest absolute Gasteiger partial charge is 0.573 e. The fraction of sp³-hybridized carbons (Fsp3) is 0.250. The van der Waals surface area contributed by atoms with Crippen molar-refractivity contribution < 1.29 is 27.4 Å². The summed E-state index contributed by atoms with van der Waals surface area (Å²) in [5, 5.41) is 0. The molecule has 0 amide bonds. The van der Waals surface area contributed by atoms with E-state index in [0.29, 0.717) is 12.1 Å². The predicted octanol–water partition coefficient (Wildman–Crippen LogP) is 4.58. The van der Waals surface area contributed by atoms with Crippen LogP contribution in [0, 0.1) is 17.8 Å². The molecule has 32 heavy (non-hydrogen) atoms. The zero-order valence-corrected chi connectivity index (χ0v) is 17.1. The molecule has 3 aromatic rings. The number of alkyl halides is 3. The van der Waals surface area contributed by atoms with Crippen molar-refractivity contribution in [2.45, 2.75) is 25.7 Å². The fourth-order valence-electron chi connectivity index (χ4n) is 3.55. The number of imidazole rings is 1. The van der Waals surface area contributed by atoms with Gasteiger partial charge in [0, 0.05) is 35.9 Å². The zero-order valence-electron chi connectivity index (χ0n) is 17.1. The van der Waals surface area contributed by atoms with E-state index >= 15 is 0 Å². The van der Waals surface area contributed by atoms with Gasteiger partial charge in [0.05, 0.1) is 18.7 Å². The summed E-state index contributed by atoms with van der Waals surface area (Å²) in [5.74, 6) is 6.22. The molecule has 1 aliphatic heterocycles. The Kier molecular flexibility index (Phi) is 5.91. The first-order valence-corrected chi connectivity index (χ1v) is 9.93. The Morgan fingerprint density at radius 1 is 1.06 bits per heavy atom. The molecule has 2 aromatic carbocycles. The summed E-state index contributed by atoms with van der Waals surface area (Å²) in [5.41, 5.74) is 3.09. The van der Waals surface area contributed by atoms with E-state index in [0.717, 1.165) is 35.5 Å². The smallest absolute Gasteiger partial charge is 0.469 e. The summed E-state index contributed by atoms with van der Waals surface area (Å²) in [4.78, 5) is 16.5. The third kappa shape index (κ3) is 5.11. The van der Waals surface area contributed by atoms with Gasteiger partial charge >= 0.3 is 12.3 Å². The minimum absolute atomic E-state index is 0.152. The van der Waals surface area contributed by atoms with Crippen LogP contribution in [-0.2, 0) is 22.5 Å². The average molecular weight is 440 g/mol. The van der Waals surface area contributed by atoms with Crippen LogP contribution in [0.3, 0.4) is 0 Å². The maximum atomic E-state index is 12.2.